The van der Waals surface area contributed by atoms with Crippen LogP contribution in [-0.4, -0.2) is 80.1 Å². The van der Waals surface area contributed by atoms with Crippen LogP contribution in [0.5, 0.6) is 0 Å². The number of nitrogens with zero attached hydrogens (tertiary/aromatic N) is 2. The zero-order chi connectivity index (χ0) is 23.1. The summed E-state index contributed by atoms with van der Waals surface area (Å²) in [5.74, 6) is -0.216. The van der Waals surface area contributed by atoms with Crippen LogP contribution in [0.25, 0.3) is 11.8 Å². The largest absolute Gasteiger partial charge is 0.478 e. The number of hydrogen-bond acceptors (Lipinski definition) is 5. The topological polar surface area (TPSA) is 81.1 Å². The smallest absolute Gasteiger partial charge is 0.328 e. The summed E-state index contributed by atoms with van der Waals surface area (Å²) in [5.41, 5.74) is 4.17. The van der Waals surface area contributed by atoms with E-state index in [1.54, 1.807) is 0 Å². The van der Waals surface area contributed by atoms with Gasteiger partial charge in [0.05, 0.1) is 0 Å². The first kappa shape index (κ1) is 24.1. The Morgan fingerprint density at radius 1 is 0.969 bits per heavy atom. The molecular formula is C24H26N2O4SSe. The number of hydrogen-bond donors (Lipinski definition) is 2. The Balaban J connectivity index is 0.000000312. The predicted octanol–water partition coefficient (Wildman–Crippen LogP) is 2.99. The van der Waals surface area contributed by atoms with Crippen molar-refractivity contribution in [2.75, 3.05) is 33.2 Å². The Kier molecular flexibility index (Phi) is 8.59. The van der Waals surface area contributed by atoms with E-state index in [9.17, 15) is 9.59 Å². The second kappa shape index (κ2) is 11.4. The number of piperazine rings is 1. The Morgan fingerprint density at radius 2 is 1.62 bits per heavy atom. The van der Waals surface area contributed by atoms with Crippen LogP contribution in [0, 0.1) is 0 Å². The molecule has 1 saturated heterocycles. The number of fused-ring (bicyclic) bond motifs is 2. The molecule has 2 heterocycles. The van der Waals surface area contributed by atoms with Gasteiger partial charge in [-0.15, -0.1) is 0 Å². The van der Waals surface area contributed by atoms with Gasteiger partial charge >= 0.3 is 167 Å². The van der Waals surface area contributed by atoms with Crippen molar-refractivity contribution in [2.24, 2.45) is 0 Å². The summed E-state index contributed by atoms with van der Waals surface area (Å²) in [4.78, 5) is 26.9. The molecule has 0 unspecified atom stereocenters. The zero-order valence-corrected chi connectivity index (χ0v) is 20.6. The number of carboxylic acid groups (broad SMARTS) is 2. The van der Waals surface area contributed by atoms with Gasteiger partial charge < -0.3 is 10.2 Å². The van der Waals surface area contributed by atoms with E-state index >= 15 is 0 Å². The van der Waals surface area contributed by atoms with Gasteiger partial charge in [0, 0.05) is 12.2 Å². The molecule has 2 aromatic rings. The standard InChI is InChI=1S/C20H22N2SSe.C4H4O4/c1-21-9-11-22(12-10-21)18-13-15-5-3-4-6-19(15)23-20-8-7-16(24-2)14-17(18)20;5-3(6)1-2-4(7)8/h3-8,13-14H,9-12H2,1-2H3;1-2H,(H,5,6)(H,7,8)/b;2-1-. The molecule has 32 heavy (non-hydrogen) atoms. The summed E-state index contributed by atoms with van der Waals surface area (Å²) in [6.45, 7) is 4.49. The molecule has 0 aliphatic carbocycles. The SMILES string of the molecule is C[Se]c1ccc2c(c1)C(N1CCN(C)CC1)=Cc1ccccc1S2.O=C(O)/C=C\C(=O)O. The van der Waals surface area contributed by atoms with Gasteiger partial charge in [0.2, 0.25) is 0 Å². The number of rotatable bonds is 4. The van der Waals surface area contributed by atoms with Crippen LogP contribution in [0.3, 0.4) is 0 Å². The van der Waals surface area contributed by atoms with Crippen molar-refractivity contribution in [3.63, 3.8) is 0 Å². The third-order valence-corrected chi connectivity index (χ3v) is 7.80. The van der Waals surface area contributed by atoms with Crippen molar-refractivity contribution in [1.29, 1.82) is 0 Å². The van der Waals surface area contributed by atoms with E-state index in [0.29, 0.717) is 27.1 Å². The molecule has 1 fully saturated rings. The Morgan fingerprint density at radius 3 is 2.25 bits per heavy atom. The number of likely N-dealkylation sites (N-methyl/N-ethyl adjacent to an activating group) is 1. The van der Waals surface area contributed by atoms with Gasteiger partial charge in [-0.25, -0.2) is 9.59 Å². The summed E-state index contributed by atoms with van der Waals surface area (Å²) in [5, 5.41) is 15.6. The van der Waals surface area contributed by atoms with Crippen LogP contribution in [0.15, 0.2) is 64.4 Å². The molecule has 2 aliphatic rings. The molecule has 2 aromatic carbocycles. The normalized spacial score (nSPS) is 15.7. The Hall–Kier alpha value is -2.51. The fourth-order valence-corrected chi connectivity index (χ4v) is 5.37. The average Bonchev–Trinajstić information content (AvgIpc) is 2.95. The molecule has 4 rings (SSSR count). The number of carboxylic acids is 2. The third kappa shape index (κ3) is 6.50. The molecule has 0 bridgehead atoms. The molecule has 0 amide bonds. The van der Waals surface area contributed by atoms with E-state index in [1.807, 2.05) is 11.8 Å². The van der Waals surface area contributed by atoms with Crippen LogP contribution in [0.4, 0.5) is 0 Å². The minimum Gasteiger partial charge on any atom is -0.478 e. The molecule has 2 N–H and O–H groups in total. The molecule has 0 saturated carbocycles. The van der Waals surface area contributed by atoms with Crippen LogP contribution in [0.2, 0.25) is 5.82 Å². The molecule has 6 nitrogen and oxygen atoms in total. The minimum absolute atomic E-state index is 0.534. The fraction of sp³-hybridized carbons (Fsp3) is 0.250. The number of carbonyl (C=O) groups is 2. The summed E-state index contributed by atoms with van der Waals surface area (Å²) in [7, 11) is 2.22. The van der Waals surface area contributed by atoms with Crippen molar-refractivity contribution < 1.29 is 19.8 Å². The van der Waals surface area contributed by atoms with Crippen LogP contribution in [0.1, 0.15) is 11.1 Å². The first-order valence-corrected chi connectivity index (χ1v) is 13.5. The molecule has 0 aromatic heterocycles. The van der Waals surface area contributed by atoms with E-state index in [-0.39, 0.29) is 0 Å². The average molecular weight is 518 g/mol. The summed E-state index contributed by atoms with van der Waals surface area (Å²) < 4.78 is 1.48. The van der Waals surface area contributed by atoms with Crippen molar-refractivity contribution in [3.8, 4) is 0 Å². The maximum absolute atomic E-state index is 9.55. The predicted molar refractivity (Wildman–Crippen MR) is 130 cm³/mol. The second-order valence-corrected chi connectivity index (χ2v) is 10.3. The van der Waals surface area contributed by atoms with Gasteiger partial charge in [0.15, 0.2) is 0 Å². The summed E-state index contributed by atoms with van der Waals surface area (Å²) in [6.07, 6.45) is 3.52. The molecule has 0 radical (unpaired) electrons. The Bertz CT molecular complexity index is 1030. The molecule has 168 valence electrons. The number of aliphatic carboxylic acids is 2. The first-order valence-electron chi connectivity index (χ1n) is 10.1. The maximum Gasteiger partial charge on any atom is 0.328 e. The minimum atomic E-state index is -1.26. The maximum atomic E-state index is 9.55. The van der Waals surface area contributed by atoms with E-state index in [0.717, 1.165) is 26.2 Å². The van der Waals surface area contributed by atoms with Gasteiger partial charge in [-0.2, -0.15) is 0 Å². The Labute approximate surface area is 198 Å². The van der Waals surface area contributed by atoms with E-state index in [1.165, 1.54) is 31.1 Å². The molecule has 2 aliphatic heterocycles. The van der Waals surface area contributed by atoms with Crippen LogP contribution >= 0.6 is 11.8 Å². The molecular weight excluding hydrogens is 491 g/mol. The van der Waals surface area contributed by atoms with Crippen molar-refractivity contribution >= 4 is 54.9 Å². The molecule has 0 spiro atoms. The van der Waals surface area contributed by atoms with Crippen molar-refractivity contribution in [3.05, 3.63) is 65.7 Å². The van der Waals surface area contributed by atoms with Gasteiger partial charge in [0.25, 0.3) is 0 Å². The van der Waals surface area contributed by atoms with Crippen LogP contribution < -0.4 is 4.46 Å². The van der Waals surface area contributed by atoms with E-state index < -0.39 is 11.9 Å². The zero-order valence-electron chi connectivity index (χ0n) is 18.0. The van der Waals surface area contributed by atoms with E-state index in [4.69, 9.17) is 10.2 Å². The first-order chi connectivity index (χ1) is 15.4. The molecule has 0 atom stereocenters. The van der Waals surface area contributed by atoms with E-state index in [2.05, 4.69) is 71.2 Å². The number of benzene rings is 2. The van der Waals surface area contributed by atoms with Crippen molar-refractivity contribution in [2.45, 2.75) is 15.6 Å². The molecule has 8 heteroatoms. The van der Waals surface area contributed by atoms with Gasteiger partial charge in [-0.05, 0) is 0 Å². The van der Waals surface area contributed by atoms with Gasteiger partial charge in [0.1, 0.15) is 0 Å². The van der Waals surface area contributed by atoms with Gasteiger partial charge in [-0.1, -0.05) is 0 Å². The van der Waals surface area contributed by atoms with Gasteiger partial charge in [-0.3, -0.25) is 0 Å². The van der Waals surface area contributed by atoms with Crippen LogP contribution in [-0.2, 0) is 9.59 Å². The third-order valence-electron chi connectivity index (χ3n) is 5.11. The quantitative estimate of drug-likeness (QED) is 0.477. The fourth-order valence-electron chi connectivity index (χ4n) is 3.41. The monoisotopic (exact) mass is 518 g/mol. The van der Waals surface area contributed by atoms with Crippen molar-refractivity contribution in [1.82, 2.24) is 9.80 Å². The summed E-state index contributed by atoms with van der Waals surface area (Å²) in [6, 6.07) is 15.8. The second-order valence-electron chi connectivity index (χ2n) is 7.33. The summed E-state index contributed by atoms with van der Waals surface area (Å²) >= 11 is 2.44.